The summed E-state index contributed by atoms with van der Waals surface area (Å²) in [5.74, 6) is -0.402. The van der Waals surface area contributed by atoms with Crippen molar-refractivity contribution in [2.45, 2.75) is 24.8 Å². The van der Waals surface area contributed by atoms with Gasteiger partial charge in [-0.2, -0.15) is 0 Å². The second-order valence-electron chi connectivity index (χ2n) is 4.51. The molecular formula is C13H19N3O2S. The van der Waals surface area contributed by atoms with Crippen molar-refractivity contribution in [3.63, 3.8) is 0 Å². The van der Waals surface area contributed by atoms with E-state index in [1.54, 1.807) is 6.07 Å². The Kier molecular flexibility index (Phi) is 5.85. The van der Waals surface area contributed by atoms with Gasteiger partial charge in [0, 0.05) is 4.90 Å². The average Bonchev–Trinajstić information content (AvgIpc) is 2.36. The number of rotatable bonds is 6. The number of nitrogens with two attached hydrogens (primary N) is 2. The van der Waals surface area contributed by atoms with Crippen molar-refractivity contribution >= 4 is 29.3 Å². The number of amides is 2. The molecule has 0 bridgehead atoms. The summed E-state index contributed by atoms with van der Waals surface area (Å²) in [6.07, 6.45) is 0. The molecule has 1 atom stereocenters. The van der Waals surface area contributed by atoms with Crippen molar-refractivity contribution in [2.75, 3.05) is 11.1 Å². The predicted octanol–water partition coefficient (Wildman–Crippen LogP) is 1.19. The van der Waals surface area contributed by atoms with E-state index in [4.69, 9.17) is 11.5 Å². The lowest BCUT2D eigenvalue weighted by Gasteiger charge is -2.16. The van der Waals surface area contributed by atoms with E-state index in [2.05, 4.69) is 5.32 Å². The molecule has 0 aliphatic carbocycles. The highest BCUT2D eigenvalue weighted by atomic mass is 32.2. The third-order valence-electron chi connectivity index (χ3n) is 2.54. The van der Waals surface area contributed by atoms with Gasteiger partial charge in [-0.1, -0.05) is 26.0 Å². The average molecular weight is 281 g/mol. The van der Waals surface area contributed by atoms with E-state index >= 15 is 0 Å². The van der Waals surface area contributed by atoms with Crippen LogP contribution in [0.4, 0.5) is 5.69 Å². The molecule has 6 heteroatoms. The number of hydrogen-bond acceptors (Lipinski definition) is 4. The molecule has 0 fully saturated rings. The molecule has 0 aromatic heterocycles. The van der Waals surface area contributed by atoms with Crippen LogP contribution >= 0.6 is 11.8 Å². The normalized spacial score (nSPS) is 12.2. The molecule has 1 aromatic rings. The summed E-state index contributed by atoms with van der Waals surface area (Å²) < 4.78 is 0. The Hall–Kier alpha value is -1.53. The van der Waals surface area contributed by atoms with Gasteiger partial charge in [-0.15, -0.1) is 11.8 Å². The lowest BCUT2D eigenvalue weighted by atomic mass is 10.1. The number of benzene rings is 1. The molecule has 1 rings (SSSR count). The molecule has 1 aromatic carbocycles. The molecule has 0 heterocycles. The Bertz CT molecular complexity index is 463. The molecular weight excluding hydrogens is 262 g/mol. The van der Waals surface area contributed by atoms with Crippen LogP contribution in [0, 0.1) is 5.92 Å². The summed E-state index contributed by atoms with van der Waals surface area (Å²) >= 11 is 1.29. The van der Waals surface area contributed by atoms with Crippen molar-refractivity contribution in [3.05, 3.63) is 24.3 Å². The van der Waals surface area contributed by atoms with Crippen molar-refractivity contribution < 1.29 is 9.59 Å². The Labute approximate surface area is 117 Å². The topological polar surface area (TPSA) is 98.2 Å². The van der Waals surface area contributed by atoms with E-state index in [1.165, 1.54) is 11.8 Å². The van der Waals surface area contributed by atoms with Crippen LogP contribution in [0.15, 0.2) is 29.2 Å². The second kappa shape index (κ2) is 7.16. The number of nitrogens with one attached hydrogen (secondary N) is 1. The number of primary amides is 1. The lowest BCUT2D eigenvalue weighted by molar-refractivity contribution is -0.118. The first-order chi connectivity index (χ1) is 8.91. The number of anilines is 1. The number of hydrogen-bond donors (Lipinski definition) is 3. The number of carbonyl (C=O) groups excluding carboxylic acids is 2. The zero-order valence-corrected chi connectivity index (χ0v) is 11.9. The molecule has 0 saturated heterocycles. The van der Waals surface area contributed by atoms with E-state index in [1.807, 2.05) is 32.0 Å². The van der Waals surface area contributed by atoms with Crippen LogP contribution < -0.4 is 16.8 Å². The van der Waals surface area contributed by atoms with E-state index in [9.17, 15) is 9.59 Å². The van der Waals surface area contributed by atoms with Crippen molar-refractivity contribution in [1.29, 1.82) is 0 Å². The molecule has 2 amide bonds. The summed E-state index contributed by atoms with van der Waals surface area (Å²) in [4.78, 5) is 23.5. The molecule has 19 heavy (non-hydrogen) atoms. The molecule has 0 spiro atoms. The smallest absolute Gasteiger partial charge is 0.241 e. The van der Waals surface area contributed by atoms with Crippen LogP contribution in [0.2, 0.25) is 0 Å². The maximum Gasteiger partial charge on any atom is 0.241 e. The van der Waals surface area contributed by atoms with Crippen molar-refractivity contribution in [3.8, 4) is 0 Å². The Morgan fingerprint density at radius 2 is 1.95 bits per heavy atom. The zero-order valence-electron chi connectivity index (χ0n) is 11.1. The van der Waals surface area contributed by atoms with Crippen LogP contribution in [0.5, 0.6) is 0 Å². The Morgan fingerprint density at radius 1 is 1.32 bits per heavy atom. The highest BCUT2D eigenvalue weighted by Crippen LogP contribution is 2.26. The first-order valence-corrected chi connectivity index (χ1v) is 6.97. The fourth-order valence-electron chi connectivity index (χ4n) is 1.36. The molecule has 5 nitrogen and oxygen atoms in total. The summed E-state index contributed by atoms with van der Waals surface area (Å²) in [6.45, 7) is 3.77. The van der Waals surface area contributed by atoms with E-state index in [0.29, 0.717) is 5.69 Å². The van der Waals surface area contributed by atoms with E-state index in [0.717, 1.165) is 4.90 Å². The van der Waals surface area contributed by atoms with Crippen LogP contribution in [0.3, 0.4) is 0 Å². The Morgan fingerprint density at radius 3 is 2.53 bits per heavy atom. The van der Waals surface area contributed by atoms with Crippen LogP contribution in [-0.4, -0.2) is 23.6 Å². The lowest BCUT2D eigenvalue weighted by Crippen LogP contribution is -2.39. The second-order valence-corrected chi connectivity index (χ2v) is 5.53. The summed E-state index contributed by atoms with van der Waals surface area (Å²) in [7, 11) is 0. The molecule has 0 unspecified atom stereocenters. The van der Waals surface area contributed by atoms with Gasteiger partial charge in [-0.05, 0) is 18.1 Å². The van der Waals surface area contributed by atoms with Gasteiger partial charge in [0.2, 0.25) is 11.8 Å². The van der Waals surface area contributed by atoms with E-state index < -0.39 is 11.9 Å². The van der Waals surface area contributed by atoms with Crippen LogP contribution in [0.1, 0.15) is 13.8 Å². The first-order valence-electron chi connectivity index (χ1n) is 5.98. The minimum Gasteiger partial charge on any atom is -0.369 e. The molecule has 104 valence electrons. The van der Waals surface area contributed by atoms with Crippen LogP contribution in [-0.2, 0) is 9.59 Å². The highest BCUT2D eigenvalue weighted by Gasteiger charge is 2.18. The van der Waals surface area contributed by atoms with Crippen molar-refractivity contribution in [2.24, 2.45) is 17.4 Å². The third kappa shape index (κ3) is 4.92. The standard InChI is InChI=1S/C13H19N3O2S/c1-8(2)12(15)13(18)16-9-5-3-4-6-10(9)19-7-11(14)17/h3-6,8,12H,7,15H2,1-2H3,(H2,14,17)(H,16,18)/t12-/m1/s1. The molecule has 0 saturated carbocycles. The maximum atomic E-state index is 11.9. The fraction of sp³-hybridized carbons (Fsp3) is 0.385. The monoisotopic (exact) mass is 281 g/mol. The SMILES string of the molecule is CC(C)[C@@H](N)C(=O)Nc1ccccc1SCC(N)=O. The molecule has 5 N–H and O–H groups in total. The number of para-hydroxylation sites is 1. The third-order valence-corrected chi connectivity index (χ3v) is 3.63. The van der Waals surface area contributed by atoms with Gasteiger partial charge < -0.3 is 16.8 Å². The summed E-state index contributed by atoms with van der Waals surface area (Å²) in [5, 5.41) is 2.78. The highest BCUT2D eigenvalue weighted by molar-refractivity contribution is 8.00. The van der Waals surface area contributed by atoms with Gasteiger partial charge in [0.25, 0.3) is 0 Å². The summed E-state index contributed by atoms with van der Waals surface area (Å²) in [5.41, 5.74) is 11.5. The van der Waals surface area contributed by atoms with Gasteiger partial charge in [-0.3, -0.25) is 9.59 Å². The Balaban J connectivity index is 2.77. The van der Waals surface area contributed by atoms with Gasteiger partial charge in [0.05, 0.1) is 17.5 Å². The largest absolute Gasteiger partial charge is 0.369 e. The number of thioether (sulfide) groups is 1. The van der Waals surface area contributed by atoms with Gasteiger partial charge in [0.15, 0.2) is 0 Å². The van der Waals surface area contributed by atoms with Crippen LogP contribution in [0.25, 0.3) is 0 Å². The number of carbonyl (C=O) groups is 2. The molecule has 0 radical (unpaired) electrons. The first kappa shape index (κ1) is 15.5. The van der Waals surface area contributed by atoms with Gasteiger partial charge in [0.1, 0.15) is 0 Å². The molecule has 0 aliphatic rings. The van der Waals surface area contributed by atoms with Crippen molar-refractivity contribution in [1.82, 2.24) is 0 Å². The predicted molar refractivity (Wildman–Crippen MR) is 77.8 cm³/mol. The minimum atomic E-state index is -0.561. The van der Waals surface area contributed by atoms with E-state index in [-0.39, 0.29) is 17.6 Å². The van der Waals surface area contributed by atoms with Gasteiger partial charge >= 0.3 is 0 Å². The van der Waals surface area contributed by atoms with Gasteiger partial charge in [-0.25, -0.2) is 0 Å². The maximum absolute atomic E-state index is 11.9. The zero-order chi connectivity index (χ0) is 14.4. The summed E-state index contributed by atoms with van der Waals surface area (Å²) in [6, 6.07) is 6.68. The fourth-order valence-corrected chi connectivity index (χ4v) is 2.11. The molecule has 0 aliphatic heterocycles. The minimum absolute atomic E-state index is 0.0606. The quantitative estimate of drug-likeness (QED) is 0.682.